The van der Waals surface area contributed by atoms with Gasteiger partial charge in [-0.3, -0.25) is 0 Å². The summed E-state index contributed by atoms with van der Waals surface area (Å²) in [5, 5.41) is 9.82. The van der Waals surface area contributed by atoms with Crippen molar-refractivity contribution in [1.82, 2.24) is 4.98 Å². The van der Waals surface area contributed by atoms with E-state index >= 15 is 0 Å². The zero-order chi connectivity index (χ0) is 24.7. The van der Waals surface area contributed by atoms with Gasteiger partial charge < -0.3 is 19.5 Å². The van der Waals surface area contributed by atoms with E-state index in [1.807, 2.05) is 18.2 Å². The molecule has 35 heavy (non-hydrogen) atoms. The van der Waals surface area contributed by atoms with Crippen LogP contribution in [0.15, 0.2) is 103 Å². The van der Waals surface area contributed by atoms with Crippen molar-refractivity contribution in [3.05, 3.63) is 109 Å². The minimum atomic E-state index is -4.75. The van der Waals surface area contributed by atoms with Gasteiger partial charge in [-0.25, -0.2) is 4.98 Å². The first kappa shape index (κ1) is 24.1. The normalized spacial score (nSPS) is 12.1. The van der Waals surface area contributed by atoms with Crippen molar-refractivity contribution >= 4 is 5.69 Å². The molecule has 1 N–H and O–H groups in total. The average Bonchev–Trinajstić information content (AvgIpc) is 2.85. The number of pyridine rings is 1. The SMILES string of the molecule is OC(CN(Cc1cccc(Oc2ccccn2)c1)c1cccc(Oc2ccccc2)c1)C(F)(F)F. The summed E-state index contributed by atoms with van der Waals surface area (Å²) in [7, 11) is 0. The van der Waals surface area contributed by atoms with E-state index in [1.165, 1.54) is 4.90 Å². The Kier molecular flexibility index (Phi) is 7.52. The van der Waals surface area contributed by atoms with Gasteiger partial charge in [0.15, 0.2) is 6.10 Å². The number of halogens is 3. The Morgan fingerprint density at radius 1 is 0.771 bits per heavy atom. The highest BCUT2D eigenvalue weighted by atomic mass is 19.4. The van der Waals surface area contributed by atoms with Gasteiger partial charge in [0.1, 0.15) is 17.2 Å². The topological polar surface area (TPSA) is 54.8 Å². The fourth-order valence-electron chi connectivity index (χ4n) is 3.40. The third-order valence-corrected chi connectivity index (χ3v) is 5.06. The smallest absolute Gasteiger partial charge is 0.416 e. The minimum absolute atomic E-state index is 0.0986. The molecular weight excluding hydrogens is 457 g/mol. The number of ether oxygens (including phenoxy) is 2. The molecule has 1 unspecified atom stereocenters. The zero-order valence-electron chi connectivity index (χ0n) is 18.6. The van der Waals surface area contributed by atoms with Gasteiger partial charge in [0.25, 0.3) is 0 Å². The minimum Gasteiger partial charge on any atom is -0.457 e. The van der Waals surface area contributed by atoms with Gasteiger partial charge in [-0.15, -0.1) is 0 Å². The van der Waals surface area contributed by atoms with E-state index < -0.39 is 18.8 Å². The number of rotatable bonds is 9. The number of alkyl halides is 3. The molecule has 0 bridgehead atoms. The first-order chi connectivity index (χ1) is 16.9. The summed E-state index contributed by atoms with van der Waals surface area (Å²) in [6.45, 7) is -0.551. The van der Waals surface area contributed by atoms with Crippen molar-refractivity contribution in [2.75, 3.05) is 11.4 Å². The van der Waals surface area contributed by atoms with E-state index in [-0.39, 0.29) is 6.54 Å². The number of aliphatic hydroxyl groups is 1. The molecule has 0 radical (unpaired) electrons. The van der Waals surface area contributed by atoms with Crippen molar-refractivity contribution in [2.45, 2.75) is 18.8 Å². The number of aromatic nitrogens is 1. The van der Waals surface area contributed by atoms with E-state index in [4.69, 9.17) is 9.47 Å². The molecular formula is C27H23F3N2O3. The number of nitrogens with zero attached hydrogens (tertiary/aromatic N) is 2. The van der Waals surface area contributed by atoms with Crippen molar-refractivity contribution in [1.29, 1.82) is 0 Å². The van der Waals surface area contributed by atoms with Crippen LogP contribution in [0.3, 0.4) is 0 Å². The summed E-state index contributed by atoms with van der Waals surface area (Å²) in [4.78, 5) is 5.57. The van der Waals surface area contributed by atoms with Gasteiger partial charge in [-0.05, 0) is 48.0 Å². The molecule has 0 spiro atoms. The molecule has 4 rings (SSSR count). The monoisotopic (exact) mass is 480 g/mol. The van der Waals surface area contributed by atoms with E-state index in [1.54, 1.807) is 85.1 Å². The largest absolute Gasteiger partial charge is 0.457 e. The Bertz CT molecular complexity index is 1220. The summed E-state index contributed by atoms with van der Waals surface area (Å²) in [5.74, 6) is 1.97. The molecule has 180 valence electrons. The van der Waals surface area contributed by atoms with Crippen LogP contribution in [0.2, 0.25) is 0 Å². The van der Waals surface area contributed by atoms with Gasteiger partial charge in [0.05, 0.1) is 6.54 Å². The van der Waals surface area contributed by atoms with Crippen LogP contribution in [0.5, 0.6) is 23.1 Å². The van der Waals surface area contributed by atoms with Crippen LogP contribution in [-0.4, -0.2) is 28.9 Å². The molecule has 8 heteroatoms. The molecule has 0 aliphatic heterocycles. The van der Waals surface area contributed by atoms with Crippen LogP contribution < -0.4 is 14.4 Å². The first-order valence-corrected chi connectivity index (χ1v) is 10.9. The van der Waals surface area contributed by atoms with Crippen molar-refractivity contribution in [3.63, 3.8) is 0 Å². The van der Waals surface area contributed by atoms with Crippen LogP contribution >= 0.6 is 0 Å². The van der Waals surface area contributed by atoms with Gasteiger partial charge in [-0.2, -0.15) is 13.2 Å². The molecule has 4 aromatic rings. The highest BCUT2D eigenvalue weighted by molar-refractivity contribution is 5.52. The highest BCUT2D eigenvalue weighted by Crippen LogP contribution is 2.30. The number of aliphatic hydroxyl groups excluding tert-OH is 1. The summed E-state index contributed by atoms with van der Waals surface area (Å²) in [6.07, 6.45) is -5.67. The number of hydrogen-bond acceptors (Lipinski definition) is 5. The average molecular weight is 480 g/mol. The molecule has 5 nitrogen and oxygen atoms in total. The Morgan fingerprint density at radius 3 is 2.17 bits per heavy atom. The second-order valence-corrected chi connectivity index (χ2v) is 7.77. The van der Waals surface area contributed by atoms with Gasteiger partial charge in [0.2, 0.25) is 5.88 Å². The molecule has 0 saturated carbocycles. The number of benzene rings is 3. The van der Waals surface area contributed by atoms with Crippen molar-refractivity contribution < 1.29 is 27.8 Å². The van der Waals surface area contributed by atoms with Crippen LogP contribution in [0, 0.1) is 0 Å². The Morgan fingerprint density at radius 2 is 1.46 bits per heavy atom. The lowest BCUT2D eigenvalue weighted by Crippen LogP contribution is -2.40. The number of hydrogen-bond donors (Lipinski definition) is 1. The number of anilines is 1. The van der Waals surface area contributed by atoms with Crippen molar-refractivity contribution in [3.8, 4) is 23.1 Å². The zero-order valence-corrected chi connectivity index (χ0v) is 18.6. The highest BCUT2D eigenvalue weighted by Gasteiger charge is 2.39. The number of para-hydroxylation sites is 1. The maximum absolute atomic E-state index is 13.2. The standard InChI is InChI=1S/C27H23F3N2O3/c28-27(29,30)25(33)19-32(21-9-7-13-24(17-21)34-22-10-2-1-3-11-22)18-20-8-6-12-23(16-20)35-26-14-4-5-15-31-26/h1-17,25,33H,18-19H2. The fourth-order valence-corrected chi connectivity index (χ4v) is 3.40. The molecule has 0 aliphatic carbocycles. The molecule has 1 aromatic heterocycles. The summed E-state index contributed by atoms with van der Waals surface area (Å²) in [6, 6.07) is 28.1. The van der Waals surface area contributed by atoms with Crippen LogP contribution in [0.1, 0.15) is 5.56 Å². The summed E-state index contributed by atoms with van der Waals surface area (Å²) < 4.78 is 51.2. The predicted molar refractivity (Wildman–Crippen MR) is 127 cm³/mol. The lowest BCUT2D eigenvalue weighted by molar-refractivity contribution is -0.200. The van der Waals surface area contributed by atoms with Crippen LogP contribution in [0.25, 0.3) is 0 Å². The third kappa shape index (κ3) is 6.97. The maximum atomic E-state index is 13.2. The Labute approximate surface area is 201 Å². The molecule has 1 atom stereocenters. The van der Waals surface area contributed by atoms with E-state index in [9.17, 15) is 18.3 Å². The Balaban J connectivity index is 1.58. The summed E-state index contributed by atoms with van der Waals surface area (Å²) in [5.41, 5.74) is 1.17. The third-order valence-electron chi connectivity index (χ3n) is 5.06. The summed E-state index contributed by atoms with van der Waals surface area (Å²) >= 11 is 0. The van der Waals surface area contributed by atoms with Gasteiger partial charge >= 0.3 is 6.18 Å². The second-order valence-electron chi connectivity index (χ2n) is 7.77. The quantitative estimate of drug-likeness (QED) is 0.293. The maximum Gasteiger partial charge on any atom is 0.416 e. The van der Waals surface area contributed by atoms with E-state index in [0.29, 0.717) is 34.4 Å². The van der Waals surface area contributed by atoms with Crippen LogP contribution in [0.4, 0.5) is 18.9 Å². The van der Waals surface area contributed by atoms with Crippen molar-refractivity contribution in [2.24, 2.45) is 0 Å². The lowest BCUT2D eigenvalue weighted by Gasteiger charge is -2.29. The molecule has 0 aliphatic rings. The molecule has 0 fully saturated rings. The molecule has 0 saturated heterocycles. The van der Waals surface area contributed by atoms with Gasteiger partial charge in [0, 0.05) is 30.6 Å². The predicted octanol–water partition coefficient (Wildman–Crippen LogP) is 6.60. The molecule has 3 aromatic carbocycles. The second kappa shape index (κ2) is 10.9. The first-order valence-electron chi connectivity index (χ1n) is 10.9. The Hall–Kier alpha value is -4.04. The van der Waals surface area contributed by atoms with Gasteiger partial charge in [-0.1, -0.05) is 42.5 Å². The fraction of sp³-hybridized carbons (Fsp3) is 0.148. The van der Waals surface area contributed by atoms with E-state index in [0.717, 1.165) is 0 Å². The van der Waals surface area contributed by atoms with E-state index in [2.05, 4.69) is 4.98 Å². The molecule has 0 amide bonds. The molecule has 1 heterocycles. The van der Waals surface area contributed by atoms with Crippen LogP contribution in [-0.2, 0) is 6.54 Å². The lowest BCUT2D eigenvalue weighted by atomic mass is 10.1.